The molecule has 0 saturated carbocycles. The van der Waals surface area contributed by atoms with Gasteiger partial charge in [-0.2, -0.15) is 0 Å². The first-order valence-corrected chi connectivity index (χ1v) is 36.1. The highest BCUT2D eigenvalue weighted by Gasteiger charge is 2.55. The summed E-state index contributed by atoms with van der Waals surface area (Å²) in [5.41, 5.74) is 32.3. The van der Waals surface area contributed by atoms with Crippen molar-refractivity contribution < 1.29 is 0 Å². The summed E-state index contributed by atoms with van der Waals surface area (Å²) >= 11 is 3.97. The first kappa shape index (κ1) is 62.5. The summed E-state index contributed by atoms with van der Waals surface area (Å²) in [6, 6.07) is 148. The molecule has 0 atom stereocenters. The van der Waals surface area contributed by atoms with Gasteiger partial charge in [-0.25, -0.2) is 0 Å². The molecule has 16 aromatic carbocycles. The molecule has 2 aliphatic heterocycles. The van der Waals surface area contributed by atoms with E-state index >= 15 is 0 Å². The second-order valence-electron chi connectivity index (χ2n) is 26.4. The van der Waals surface area contributed by atoms with Gasteiger partial charge in [-0.1, -0.05) is 319 Å². The molecular formula is C98H69BrN4. The maximum atomic E-state index is 3.97. The largest absolute Gasteiger partial charge is 0.356 e. The first-order valence-electron chi connectivity index (χ1n) is 35.3. The van der Waals surface area contributed by atoms with Crippen LogP contribution in [0.2, 0.25) is 0 Å². The van der Waals surface area contributed by atoms with Crippen LogP contribution in [0.15, 0.2) is 417 Å². The molecule has 4 aliphatic rings. The van der Waals surface area contributed by atoms with E-state index in [0.29, 0.717) is 0 Å². The van der Waals surface area contributed by atoms with Gasteiger partial charge in [0.1, 0.15) is 0 Å². The SMILES string of the molecule is Brc1cccc2c1C1(c3ccccc3-2)c2ccccc2N(c2ccccc2)c2ccccc21.c1ccc(-c2ccc(N(c3ccccc3)c3cccc4c3C3(c5ccccc5-4)c4ccccc4N(c4ccccc4)c4ccccc43)cc2)cc1.c1ccc(Nc2ccc(-c3ccccc3)cc2)cc1. The highest BCUT2D eigenvalue weighted by molar-refractivity contribution is 9.10. The summed E-state index contributed by atoms with van der Waals surface area (Å²) in [6.07, 6.45) is 0. The Labute approximate surface area is 611 Å². The van der Waals surface area contributed by atoms with Gasteiger partial charge in [-0.05, 0) is 193 Å². The van der Waals surface area contributed by atoms with E-state index in [1.54, 1.807) is 0 Å². The Morgan fingerprint density at radius 1 is 0.233 bits per heavy atom. The molecular weight excluding hydrogens is 1310 g/mol. The normalized spacial score (nSPS) is 13.0. The maximum absolute atomic E-state index is 3.97. The minimum atomic E-state index is -0.571. The van der Waals surface area contributed by atoms with Crippen molar-refractivity contribution in [3.05, 3.63) is 461 Å². The maximum Gasteiger partial charge on any atom is 0.0774 e. The van der Waals surface area contributed by atoms with Gasteiger partial charge in [0.25, 0.3) is 0 Å². The quantitative estimate of drug-likeness (QED) is 0.155. The van der Waals surface area contributed by atoms with Crippen LogP contribution in [0, 0.1) is 0 Å². The topological polar surface area (TPSA) is 21.8 Å². The monoisotopic (exact) mass is 1380 g/mol. The average Bonchev–Trinajstić information content (AvgIpc) is 1.55. The number of nitrogens with zero attached hydrogens (tertiary/aromatic N) is 3. The van der Waals surface area contributed by atoms with Crippen molar-refractivity contribution in [2.45, 2.75) is 10.8 Å². The van der Waals surface area contributed by atoms with Crippen molar-refractivity contribution in [2.24, 2.45) is 0 Å². The van der Waals surface area contributed by atoms with Crippen molar-refractivity contribution in [3.63, 3.8) is 0 Å². The number of hydrogen-bond donors (Lipinski definition) is 1. The molecule has 1 N–H and O–H groups in total. The van der Waals surface area contributed by atoms with E-state index in [1.807, 2.05) is 24.3 Å². The van der Waals surface area contributed by atoms with Crippen molar-refractivity contribution in [1.82, 2.24) is 0 Å². The molecule has 0 amide bonds. The van der Waals surface area contributed by atoms with Gasteiger partial charge in [0.05, 0.1) is 39.3 Å². The van der Waals surface area contributed by atoms with Crippen LogP contribution in [0.1, 0.15) is 44.5 Å². The Kier molecular flexibility index (Phi) is 16.2. The number of hydrogen-bond acceptors (Lipinski definition) is 4. The Balaban J connectivity index is 0.000000124. The number of nitrogens with one attached hydrogen (secondary N) is 1. The van der Waals surface area contributed by atoms with Gasteiger partial charge >= 0.3 is 0 Å². The van der Waals surface area contributed by atoms with Gasteiger partial charge in [-0.15, -0.1) is 0 Å². The molecule has 5 heteroatoms. The molecule has 4 nitrogen and oxygen atoms in total. The molecule has 2 spiro atoms. The first-order chi connectivity index (χ1) is 51.1. The molecule has 103 heavy (non-hydrogen) atoms. The van der Waals surface area contributed by atoms with Crippen LogP contribution in [0.5, 0.6) is 0 Å². The van der Waals surface area contributed by atoms with E-state index in [9.17, 15) is 0 Å². The van der Waals surface area contributed by atoms with Crippen LogP contribution in [0.3, 0.4) is 0 Å². The molecule has 2 aliphatic carbocycles. The van der Waals surface area contributed by atoms with Gasteiger partial charge < -0.3 is 20.0 Å². The van der Waals surface area contributed by atoms with E-state index in [2.05, 4.69) is 424 Å². The van der Waals surface area contributed by atoms with Gasteiger partial charge in [0, 0.05) is 44.2 Å². The average molecular weight is 1380 g/mol. The minimum Gasteiger partial charge on any atom is -0.356 e. The third kappa shape index (κ3) is 10.6. The molecule has 16 aromatic rings. The third-order valence-electron chi connectivity index (χ3n) is 20.8. The van der Waals surface area contributed by atoms with Gasteiger partial charge in [-0.3, -0.25) is 0 Å². The molecule has 0 radical (unpaired) electrons. The summed E-state index contributed by atoms with van der Waals surface area (Å²) in [4.78, 5) is 7.31. The van der Waals surface area contributed by atoms with E-state index in [0.717, 1.165) is 32.9 Å². The number of fused-ring (bicyclic) bond motifs is 18. The van der Waals surface area contributed by atoms with Crippen molar-refractivity contribution in [1.29, 1.82) is 0 Å². The lowest BCUT2D eigenvalue weighted by molar-refractivity contribution is 0.749. The molecule has 0 aromatic heterocycles. The standard InChI is InChI=1S/C49H34N2.C31H20BrN.C18H15N/c1-4-17-35(18-5-1)36-31-33-39(34-32-36)50(37-19-6-2-7-20-37)47-30-16-24-41-40-23-10-11-25-42(40)49(48(41)47)43-26-12-14-28-45(43)51(38-21-8-3-9-22-38)46-29-15-13-27-44(46)49;32-27-18-10-14-23-22-13-4-5-15-24(22)31(30(23)27)25-16-6-8-19-28(25)33(21-11-2-1-3-12-21)29-20-9-7-17-26(29)31;1-3-7-15(8-4-1)16-11-13-18(14-12-16)19-17-9-5-2-6-10-17/h1-34H;1-20H;1-14,19H. The molecule has 0 unspecified atom stereocenters. The zero-order valence-corrected chi connectivity index (χ0v) is 58.1. The number of benzene rings is 16. The van der Waals surface area contributed by atoms with Crippen molar-refractivity contribution in [3.8, 4) is 44.5 Å². The molecule has 2 heterocycles. The van der Waals surface area contributed by atoms with Crippen LogP contribution in [-0.4, -0.2) is 0 Å². The lowest BCUT2D eigenvalue weighted by Gasteiger charge is -2.46. The summed E-state index contributed by atoms with van der Waals surface area (Å²) in [6.45, 7) is 0. The second kappa shape index (κ2) is 26.7. The number of rotatable bonds is 9. The summed E-state index contributed by atoms with van der Waals surface area (Å²) < 4.78 is 1.15. The van der Waals surface area contributed by atoms with E-state index in [1.165, 1.54) is 123 Å². The van der Waals surface area contributed by atoms with Crippen LogP contribution in [0.4, 0.5) is 62.6 Å². The van der Waals surface area contributed by atoms with E-state index < -0.39 is 5.41 Å². The van der Waals surface area contributed by atoms with Gasteiger partial charge in [0.2, 0.25) is 0 Å². The van der Waals surface area contributed by atoms with Crippen LogP contribution in [0.25, 0.3) is 44.5 Å². The number of anilines is 11. The minimum absolute atomic E-state index is 0.384. The summed E-state index contributed by atoms with van der Waals surface area (Å²) in [7, 11) is 0. The lowest BCUT2D eigenvalue weighted by atomic mass is 9.64. The Bertz CT molecular complexity index is 5640. The van der Waals surface area contributed by atoms with Crippen molar-refractivity contribution in [2.75, 3.05) is 20.0 Å². The van der Waals surface area contributed by atoms with Crippen LogP contribution >= 0.6 is 15.9 Å². The summed E-state index contributed by atoms with van der Waals surface area (Å²) in [5.74, 6) is 0. The Morgan fingerprint density at radius 2 is 0.544 bits per heavy atom. The van der Waals surface area contributed by atoms with E-state index in [-0.39, 0.29) is 5.41 Å². The molecule has 0 saturated heterocycles. The van der Waals surface area contributed by atoms with Crippen LogP contribution < -0.4 is 20.0 Å². The fraction of sp³-hybridized carbons (Fsp3) is 0.0204. The fourth-order valence-electron chi connectivity index (χ4n) is 16.7. The third-order valence-corrected chi connectivity index (χ3v) is 21.5. The second-order valence-corrected chi connectivity index (χ2v) is 27.2. The predicted molar refractivity (Wildman–Crippen MR) is 433 cm³/mol. The highest BCUT2D eigenvalue weighted by atomic mass is 79.9. The fourth-order valence-corrected chi connectivity index (χ4v) is 17.3. The van der Waals surface area contributed by atoms with E-state index in [4.69, 9.17) is 0 Å². The summed E-state index contributed by atoms with van der Waals surface area (Å²) in [5, 5.41) is 3.38. The number of para-hydroxylation sites is 8. The Morgan fingerprint density at radius 3 is 1.00 bits per heavy atom. The van der Waals surface area contributed by atoms with Crippen LogP contribution in [-0.2, 0) is 10.8 Å². The molecule has 488 valence electrons. The van der Waals surface area contributed by atoms with Crippen molar-refractivity contribution >= 4 is 78.5 Å². The highest BCUT2D eigenvalue weighted by Crippen LogP contribution is 2.67. The lowest BCUT2D eigenvalue weighted by Crippen LogP contribution is -2.37. The smallest absolute Gasteiger partial charge is 0.0774 e. The molecule has 0 bridgehead atoms. The number of halogens is 1. The zero-order chi connectivity index (χ0) is 68.7. The van der Waals surface area contributed by atoms with Gasteiger partial charge in [0.15, 0.2) is 0 Å². The zero-order valence-electron chi connectivity index (χ0n) is 56.5. The predicted octanol–water partition coefficient (Wildman–Crippen LogP) is 26.7. The Hall–Kier alpha value is -12.8. The molecule has 20 rings (SSSR count). The molecule has 0 fully saturated rings.